The lowest BCUT2D eigenvalue weighted by atomic mass is 9.96. The van der Waals surface area contributed by atoms with Gasteiger partial charge in [-0.15, -0.1) is 0 Å². The Morgan fingerprint density at radius 3 is 2.59 bits per heavy atom. The van der Waals surface area contributed by atoms with E-state index in [-0.39, 0.29) is 11.2 Å². The average molecular weight is 414 g/mol. The number of hydrogen-bond acceptors (Lipinski definition) is 5. The molecule has 0 unspecified atom stereocenters. The maximum Gasteiger partial charge on any atom is 0.323 e. The molecule has 0 saturated heterocycles. The van der Waals surface area contributed by atoms with Crippen molar-refractivity contribution < 1.29 is 9.90 Å². The normalized spacial score (nSPS) is 14.6. The van der Waals surface area contributed by atoms with E-state index in [4.69, 9.17) is 11.6 Å². The van der Waals surface area contributed by atoms with E-state index in [0.29, 0.717) is 22.8 Å². The molecule has 1 aliphatic carbocycles. The molecule has 0 atom stereocenters. The number of halogens is 1. The quantitative estimate of drug-likeness (QED) is 0.617. The Morgan fingerprint density at radius 1 is 1.28 bits per heavy atom. The number of benzene rings is 1. The maximum atomic E-state index is 13.0. The molecule has 0 radical (unpaired) electrons. The number of rotatable bonds is 7. The summed E-state index contributed by atoms with van der Waals surface area (Å²) in [7, 11) is 1.75. The van der Waals surface area contributed by atoms with Crippen LogP contribution in [-0.4, -0.2) is 37.0 Å². The predicted octanol–water partition coefficient (Wildman–Crippen LogP) is 2.53. The van der Waals surface area contributed by atoms with E-state index >= 15 is 0 Å². The van der Waals surface area contributed by atoms with Crippen molar-refractivity contribution in [1.82, 2.24) is 19.3 Å². The summed E-state index contributed by atoms with van der Waals surface area (Å²) in [6, 6.07) is 7.72. The van der Waals surface area contributed by atoms with Gasteiger partial charge in [-0.05, 0) is 30.5 Å². The summed E-state index contributed by atoms with van der Waals surface area (Å²) < 4.78 is 2.79. The Bertz CT molecular complexity index is 1120. The molecule has 2 N–H and O–H groups in total. The molecular formula is C20H20ClN5O3. The lowest BCUT2D eigenvalue weighted by Crippen LogP contribution is -2.31. The van der Waals surface area contributed by atoms with E-state index < -0.39 is 18.1 Å². The van der Waals surface area contributed by atoms with Gasteiger partial charge in [0, 0.05) is 35.8 Å². The van der Waals surface area contributed by atoms with Gasteiger partial charge in [0.05, 0.1) is 18.1 Å². The number of carboxylic acids is 1. The summed E-state index contributed by atoms with van der Waals surface area (Å²) in [6.45, 7) is 0.0821. The lowest BCUT2D eigenvalue weighted by Gasteiger charge is -2.18. The smallest absolute Gasteiger partial charge is 0.323 e. The summed E-state index contributed by atoms with van der Waals surface area (Å²) in [4.78, 5) is 28.6. The van der Waals surface area contributed by atoms with Crippen LogP contribution in [0.15, 0.2) is 47.7 Å². The molecule has 1 aromatic carbocycles. The zero-order valence-electron chi connectivity index (χ0n) is 15.8. The number of aliphatic carboxylic acids is 1. The molecule has 3 aromatic rings. The fraction of sp³-hybridized carbons (Fsp3) is 0.300. The van der Waals surface area contributed by atoms with Crippen LogP contribution < -0.4 is 10.9 Å². The number of nitrogens with zero attached hydrogens (tertiary/aromatic N) is 4. The van der Waals surface area contributed by atoms with Crippen LogP contribution in [0, 0.1) is 0 Å². The second-order valence-corrected chi connectivity index (χ2v) is 7.76. The number of carboxylic acid groups (broad SMARTS) is 1. The van der Waals surface area contributed by atoms with Crippen molar-refractivity contribution >= 4 is 23.4 Å². The Balaban J connectivity index is 1.62. The van der Waals surface area contributed by atoms with Gasteiger partial charge in [0.1, 0.15) is 6.54 Å². The lowest BCUT2D eigenvalue weighted by molar-refractivity contribution is -0.137. The molecule has 29 heavy (non-hydrogen) atoms. The van der Waals surface area contributed by atoms with Crippen LogP contribution in [0.2, 0.25) is 5.02 Å². The molecule has 1 fully saturated rings. The van der Waals surface area contributed by atoms with E-state index in [2.05, 4.69) is 15.4 Å². The summed E-state index contributed by atoms with van der Waals surface area (Å²) in [6.07, 6.45) is 6.78. The summed E-state index contributed by atoms with van der Waals surface area (Å²) in [5.41, 5.74) is 1.67. The van der Waals surface area contributed by atoms with Gasteiger partial charge < -0.3 is 10.4 Å². The number of aryl methyl sites for hydroxylation is 1. The van der Waals surface area contributed by atoms with Gasteiger partial charge in [-0.25, -0.2) is 4.98 Å². The number of carbonyl (C=O) groups is 1. The molecule has 8 nitrogen and oxygen atoms in total. The highest BCUT2D eigenvalue weighted by Gasteiger charge is 2.44. The first kappa shape index (κ1) is 19.2. The van der Waals surface area contributed by atoms with Crippen LogP contribution in [-0.2, 0) is 23.8 Å². The minimum absolute atomic E-state index is 0.0572. The molecular weight excluding hydrogens is 394 g/mol. The highest BCUT2D eigenvalue weighted by molar-refractivity contribution is 6.30. The molecule has 0 spiro atoms. The second-order valence-electron chi connectivity index (χ2n) is 7.32. The van der Waals surface area contributed by atoms with Crippen molar-refractivity contribution in [3.05, 3.63) is 63.8 Å². The van der Waals surface area contributed by atoms with Gasteiger partial charge in [0.2, 0.25) is 0 Å². The van der Waals surface area contributed by atoms with Gasteiger partial charge in [-0.3, -0.25) is 18.8 Å². The SMILES string of the molecule is Cn1cc(-c2cnc(NCC3(c4ccc(Cl)cc4)CC3)c(=O)n2CC(=O)O)cn1. The van der Waals surface area contributed by atoms with Crippen molar-refractivity contribution in [2.45, 2.75) is 24.8 Å². The van der Waals surface area contributed by atoms with E-state index in [1.54, 1.807) is 24.1 Å². The third kappa shape index (κ3) is 3.88. The molecule has 0 bridgehead atoms. The molecule has 0 amide bonds. The summed E-state index contributed by atoms with van der Waals surface area (Å²) >= 11 is 5.98. The zero-order valence-corrected chi connectivity index (χ0v) is 16.6. The number of aromatic nitrogens is 4. The Kier molecular flexibility index (Phi) is 4.87. The minimum Gasteiger partial charge on any atom is -0.480 e. The predicted molar refractivity (Wildman–Crippen MR) is 109 cm³/mol. The van der Waals surface area contributed by atoms with Crippen molar-refractivity contribution in [1.29, 1.82) is 0 Å². The second kappa shape index (κ2) is 7.36. The van der Waals surface area contributed by atoms with Crippen molar-refractivity contribution in [3.63, 3.8) is 0 Å². The highest BCUT2D eigenvalue weighted by atomic mass is 35.5. The summed E-state index contributed by atoms with van der Waals surface area (Å²) in [5, 5.41) is 17.2. The molecule has 1 aliphatic rings. The standard InChI is InChI=1S/C20H20ClN5O3/c1-25-10-13(8-24-25)16-9-22-18(19(29)26(16)11-17(27)28)23-12-20(6-7-20)14-2-4-15(21)5-3-14/h2-5,8-10H,6-7,11-12H2,1H3,(H,22,23)(H,27,28). The van der Waals surface area contributed by atoms with Gasteiger partial charge in [-0.2, -0.15) is 5.10 Å². The first-order valence-electron chi connectivity index (χ1n) is 9.18. The van der Waals surface area contributed by atoms with Crippen LogP contribution in [0.25, 0.3) is 11.3 Å². The zero-order chi connectivity index (χ0) is 20.6. The number of nitrogens with one attached hydrogen (secondary N) is 1. The maximum absolute atomic E-state index is 13.0. The first-order chi connectivity index (χ1) is 13.9. The van der Waals surface area contributed by atoms with Gasteiger partial charge >= 0.3 is 5.97 Å². The van der Waals surface area contributed by atoms with E-state index in [1.165, 1.54) is 10.8 Å². The third-order valence-corrected chi connectivity index (χ3v) is 5.50. The molecule has 9 heteroatoms. The molecule has 150 valence electrons. The average Bonchev–Trinajstić information content (AvgIpc) is 3.35. The van der Waals surface area contributed by atoms with Gasteiger partial charge in [0.25, 0.3) is 5.56 Å². The van der Waals surface area contributed by atoms with Gasteiger partial charge in [0.15, 0.2) is 5.82 Å². The fourth-order valence-corrected chi connectivity index (χ4v) is 3.59. The monoisotopic (exact) mass is 413 g/mol. The van der Waals surface area contributed by atoms with Gasteiger partial charge in [-0.1, -0.05) is 23.7 Å². The van der Waals surface area contributed by atoms with Crippen LogP contribution in [0.5, 0.6) is 0 Å². The third-order valence-electron chi connectivity index (χ3n) is 5.25. The van der Waals surface area contributed by atoms with E-state index in [1.807, 2.05) is 24.3 Å². The first-order valence-corrected chi connectivity index (χ1v) is 9.56. The number of hydrogen-bond donors (Lipinski definition) is 2. The fourth-order valence-electron chi connectivity index (χ4n) is 3.46. The largest absolute Gasteiger partial charge is 0.480 e. The Hall–Kier alpha value is -3.13. The van der Waals surface area contributed by atoms with Crippen molar-refractivity contribution in [2.75, 3.05) is 11.9 Å². The molecule has 2 heterocycles. The molecule has 4 rings (SSSR count). The van der Waals surface area contributed by atoms with Crippen LogP contribution >= 0.6 is 11.6 Å². The topological polar surface area (TPSA) is 102 Å². The highest BCUT2D eigenvalue weighted by Crippen LogP contribution is 2.48. The van der Waals surface area contributed by atoms with E-state index in [0.717, 1.165) is 18.4 Å². The van der Waals surface area contributed by atoms with E-state index in [9.17, 15) is 14.7 Å². The summed E-state index contributed by atoms with van der Waals surface area (Å²) in [5.74, 6) is -0.964. The molecule has 2 aromatic heterocycles. The van der Waals surface area contributed by atoms with Crippen LogP contribution in [0.1, 0.15) is 18.4 Å². The molecule has 0 aliphatic heterocycles. The van der Waals surface area contributed by atoms with Crippen LogP contribution in [0.3, 0.4) is 0 Å². The molecule has 1 saturated carbocycles. The van der Waals surface area contributed by atoms with Crippen molar-refractivity contribution in [2.24, 2.45) is 7.05 Å². The Labute approximate surface area is 171 Å². The Morgan fingerprint density at radius 2 is 2.00 bits per heavy atom. The van der Waals surface area contributed by atoms with Crippen molar-refractivity contribution in [3.8, 4) is 11.3 Å². The number of anilines is 1. The van der Waals surface area contributed by atoms with Crippen LogP contribution in [0.4, 0.5) is 5.82 Å². The minimum atomic E-state index is -1.10.